The van der Waals surface area contributed by atoms with Gasteiger partial charge < -0.3 is 10.2 Å². The molecule has 10 heavy (non-hydrogen) atoms. The quantitative estimate of drug-likeness (QED) is 0.506. The lowest BCUT2D eigenvalue weighted by Crippen LogP contribution is -2.12. The topological polar surface area (TPSA) is 74.6 Å². The van der Waals surface area contributed by atoms with Gasteiger partial charge in [-0.15, -0.1) is 0 Å². The third-order valence-electron chi connectivity index (χ3n) is 0.723. The Morgan fingerprint density at radius 1 is 0.900 bits per heavy atom. The molecule has 0 radical (unpaired) electrons. The van der Waals surface area contributed by atoms with E-state index < -0.39 is 19.7 Å². The molecule has 0 aromatic rings. The summed E-state index contributed by atoms with van der Waals surface area (Å²) in [7, 11) is -3.00. The minimum Gasteiger partial charge on any atom is -0.395 e. The Hall–Kier alpha value is 0.220. The van der Waals surface area contributed by atoms with Gasteiger partial charge in [0.25, 0.3) is 0 Å². The van der Waals surface area contributed by atoms with Crippen LogP contribution >= 0.6 is 0 Å². The SMILES string of the molecule is O=S(CCO)S(=O)CCO. The fourth-order valence-corrected chi connectivity index (χ4v) is 2.57. The molecule has 2 atom stereocenters. The first kappa shape index (κ1) is 10.2. The van der Waals surface area contributed by atoms with Crippen LogP contribution in [0.3, 0.4) is 0 Å². The van der Waals surface area contributed by atoms with Gasteiger partial charge in [-0.05, 0) is 0 Å². The maximum absolute atomic E-state index is 10.7. The number of hydrogen-bond donors (Lipinski definition) is 2. The molecule has 0 rings (SSSR count). The lowest BCUT2D eigenvalue weighted by atomic mass is 10.9. The summed E-state index contributed by atoms with van der Waals surface area (Å²) in [5, 5.41) is 16.5. The fraction of sp³-hybridized carbons (Fsp3) is 1.00. The Balaban J connectivity index is 3.60. The highest BCUT2D eigenvalue weighted by molar-refractivity contribution is 8.61. The van der Waals surface area contributed by atoms with Gasteiger partial charge in [0.2, 0.25) is 0 Å². The van der Waals surface area contributed by atoms with Crippen LogP contribution in [0.2, 0.25) is 0 Å². The zero-order chi connectivity index (χ0) is 7.98. The third-order valence-corrected chi connectivity index (χ3v) is 4.41. The van der Waals surface area contributed by atoms with E-state index >= 15 is 0 Å². The highest BCUT2D eigenvalue weighted by Gasteiger charge is 2.06. The standard InChI is InChI=1S/C4H10O4S2/c5-1-3-9(7)10(8)4-2-6/h5-6H,1-4H2. The van der Waals surface area contributed by atoms with Crippen molar-refractivity contribution >= 4 is 19.7 Å². The highest BCUT2D eigenvalue weighted by Crippen LogP contribution is 1.90. The molecular weight excluding hydrogens is 176 g/mol. The van der Waals surface area contributed by atoms with E-state index in [0.29, 0.717) is 0 Å². The molecule has 0 aliphatic rings. The lowest BCUT2D eigenvalue weighted by molar-refractivity contribution is 0.320. The molecule has 2 N–H and O–H groups in total. The highest BCUT2D eigenvalue weighted by atomic mass is 33.1. The normalized spacial score (nSPS) is 16.6. The largest absolute Gasteiger partial charge is 0.395 e. The summed E-state index contributed by atoms with van der Waals surface area (Å²) in [5.74, 6) is 0.0409. The maximum atomic E-state index is 10.7. The molecule has 0 bridgehead atoms. The summed E-state index contributed by atoms with van der Waals surface area (Å²) >= 11 is 0. The van der Waals surface area contributed by atoms with Crippen LogP contribution in [0.15, 0.2) is 0 Å². The second-order valence-corrected chi connectivity index (χ2v) is 5.73. The van der Waals surface area contributed by atoms with Crippen molar-refractivity contribution in [2.24, 2.45) is 0 Å². The van der Waals surface area contributed by atoms with Gasteiger partial charge in [-0.1, -0.05) is 0 Å². The van der Waals surface area contributed by atoms with E-state index in [1.54, 1.807) is 0 Å². The van der Waals surface area contributed by atoms with E-state index in [-0.39, 0.29) is 24.7 Å². The van der Waals surface area contributed by atoms with Crippen LogP contribution in [-0.2, 0) is 19.7 Å². The van der Waals surface area contributed by atoms with E-state index in [9.17, 15) is 8.42 Å². The Morgan fingerprint density at radius 2 is 1.20 bits per heavy atom. The summed E-state index contributed by atoms with van der Waals surface area (Å²) in [4.78, 5) is 0. The third kappa shape index (κ3) is 4.10. The molecule has 6 heteroatoms. The Morgan fingerprint density at radius 3 is 1.40 bits per heavy atom. The van der Waals surface area contributed by atoms with Gasteiger partial charge in [-0.3, -0.25) is 0 Å². The molecule has 0 aliphatic heterocycles. The van der Waals surface area contributed by atoms with E-state index in [1.807, 2.05) is 0 Å². The fourth-order valence-electron chi connectivity index (χ4n) is 0.335. The lowest BCUT2D eigenvalue weighted by Gasteiger charge is -1.96. The van der Waals surface area contributed by atoms with Crippen LogP contribution in [0.4, 0.5) is 0 Å². The first-order valence-electron chi connectivity index (χ1n) is 2.71. The molecule has 0 spiro atoms. The summed E-state index contributed by atoms with van der Waals surface area (Å²) in [6.07, 6.45) is 0. The summed E-state index contributed by atoms with van der Waals surface area (Å²) in [6, 6.07) is 0. The second-order valence-electron chi connectivity index (χ2n) is 1.46. The van der Waals surface area contributed by atoms with Gasteiger partial charge in [-0.2, -0.15) is 0 Å². The number of aliphatic hydroxyl groups excluding tert-OH is 2. The van der Waals surface area contributed by atoms with Crippen molar-refractivity contribution in [2.75, 3.05) is 24.7 Å². The smallest absolute Gasteiger partial charge is 0.113 e. The van der Waals surface area contributed by atoms with Gasteiger partial charge in [0.05, 0.1) is 24.7 Å². The summed E-state index contributed by atoms with van der Waals surface area (Å²) in [5.41, 5.74) is 0. The molecule has 0 aromatic heterocycles. The van der Waals surface area contributed by atoms with Gasteiger partial charge in [0, 0.05) is 0 Å². The molecule has 2 unspecified atom stereocenters. The van der Waals surface area contributed by atoms with Crippen molar-refractivity contribution in [3.8, 4) is 0 Å². The molecular formula is C4H10O4S2. The van der Waals surface area contributed by atoms with Crippen LogP contribution in [0.25, 0.3) is 0 Å². The number of hydrogen-bond acceptors (Lipinski definition) is 4. The number of rotatable bonds is 5. The molecule has 0 amide bonds. The first-order valence-corrected chi connectivity index (χ1v) is 5.86. The molecule has 62 valence electrons. The molecule has 0 saturated carbocycles. The minimum absolute atomic E-state index is 0.0204. The van der Waals surface area contributed by atoms with Gasteiger partial charge in [-0.25, -0.2) is 8.42 Å². The predicted octanol–water partition coefficient (Wildman–Crippen LogP) is -1.62. The van der Waals surface area contributed by atoms with Crippen molar-refractivity contribution < 1.29 is 18.6 Å². The first-order chi connectivity index (χ1) is 4.72. The van der Waals surface area contributed by atoms with Gasteiger partial charge in [0.15, 0.2) is 0 Å². The predicted molar refractivity (Wildman–Crippen MR) is 40.2 cm³/mol. The maximum Gasteiger partial charge on any atom is 0.113 e. The average molecular weight is 186 g/mol. The van der Waals surface area contributed by atoms with Crippen molar-refractivity contribution in [3.63, 3.8) is 0 Å². The van der Waals surface area contributed by atoms with E-state index in [1.165, 1.54) is 0 Å². The minimum atomic E-state index is -1.50. The second kappa shape index (κ2) is 5.96. The summed E-state index contributed by atoms with van der Waals surface area (Å²) in [6.45, 7) is -0.465. The van der Waals surface area contributed by atoms with Crippen molar-refractivity contribution in [1.29, 1.82) is 0 Å². The Kier molecular flexibility index (Phi) is 6.10. The van der Waals surface area contributed by atoms with Crippen LogP contribution in [-0.4, -0.2) is 43.4 Å². The molecule has 4 nitrogen and oxygen atoms in total. The van der Waals surface area contributed by atoms with Crippen LogP contribution in [0.5, 0.6) is 0 Å². The average Bonchev–Trinajstić information content (AvgIpc) is 1.89. The molecule has 0 heterocycles. The van der Waals surface area contributed by atoms with Crippen molar-refractivity contribution in [2.45, 2.75) is 0 Å². The molecule has 0 aromatic carbocycles. The van der Waals surface area contributed by atoms with Crippen LogP contribution in [0, 0.1) is 0 Å². The van der Waals surface area contributed by atoms with E-state index in [4.69, 9.17) is 10.2 Å². The van der Waals surface area contributed by atoms with Crippen molar-refractivity contribution in [3.05, 3.63) is 0 Å². The van der Waals surface area contributed by atoms with Gasteiger partial charge >= 0.3 is 0 Å². The zero-order valence-electron chi connectivity index (χ0n) is 5.36. The molecule has 0 aliphatic carbocycles. The zero-order valence-corrected chi connectivity index (χ0v) is 6.99. The molecule has 0 fully saturated rings. The molecule has 0 saturated heterocycles. The van der Waals surface area contributed by atoms with Gasteiger partial charge in [0.1, 0.15) is 19.7 Å². The summed E-state index contributed by atoms with van der Waals surface area (Å²) < 4.78 is 21.3. The number of aliphatic hydroxyl groups is 2. The van der Waals surface area contributed by atoms with Crippen molar-refractivity contribution in [1.82, 2.24) is 0 Å². The van der Waals surface area contributed by atoms with Crippen LogP contribution < -0.4 is 0 Å². The Labute approximate surface area is 63.6 Å². The van der Waals surface area contributed by atoms with Crippen LogP contribution in [0.1, 0.15) is 0 Å². The monoisotopic (exact) mass is 186 g/mol. The van der Waals surface area contributed by atoms with E-state index in [2.05, 4.69) is 0 Å². The van der Waals surface area contributed by atoms with E-state index in [0.717, 1.165) is 0 Å². The Bertz CT molecular complexity index is 119.